The van der Waals surface area contributed by atoms with Crippen LogP contribution in [0.4, 0.5) is 0 Å². The first-order valence-electron chi connectivity index (χ1n) is 7.40. The average molecular weight is 260 g/mol. The summed E-state index contributed by atoms with van der Waals surface area (Å²) >= 11 is 0. The van der Waals surface area contributed by atoms with Crippen LogP contribution < -0.4 is 10.5 Å². The fraction of sp³-hybridized carbons (Fsp3) is 0.625. The molecule has 0 radical (unpaired) electrons. The minimum Gasteiger partial charge on any atom is -0.492 e. The first-order chi connectivity index (χ1) is 9.16. The van der Waals surface area contributed by atoms with Gasteiger partial charge in [0.1, 0.15) is 12.4 Å². The second-order valence-corrected chi connectivity index (χ2v) is 6.16. The van der Waals surface area contributed by atoms with Gasteiger partial charge in [-0.05, 0) is 38.3 Å². The minimum atomic E-state index is 0.0702. The molecule has 0 bridgehead atoms. The van der Waals surface area contributed by atoms with Crippen LogP contribution in [-0.2, 0) is 0 Å². The standard InChI is InChI=1S/C16H24N2O/c1-11-7-8-18(12(2)9-11)14-10-19-15-6-4-3-5-13(15)16(14)17/h3-6,11-12,14,16H,7-10,17H2,1-2H3. The SMILES string of the molecule is CC1CCN(C2COc3ccccc3C2N)C(C)C1. The molecule has 1 aromatic carbocycles. The van der Waals surface area contributed by atoms with Gasteiger partial charge in [0.15, 0.2) is 0 Å². The molecule has 1 fully saturated rings. The first kappa shape index (κ1) is 12.9. The Morgan fingerprint density at radius 3 is 2.84 bits per heavy atom. The number of ether oxygens (including phenoxy) is 1. The van der Waals surface area contributed by atoms with Crippen LogP contribution >= 0.6 is 0 Å². The van der Waals surface area contributed by atoms with Crippen LogP contribution in [0.25, 0.3) is 0 Å². The molecule has 0 aromatic heterocycles. The van der Waals surface area contributed by atoms with Gasteiger partial charge >= 0.3 is 0 Å². The molecule has 3 nitrogen and oxygen atoms in total. The van der Waals surface area contributed by atoms with Crippen LogP contribution in [0.1, 0.15) is 38.3 Å². The van der Waals surface area contributed by atoms with Gasteiger partial charge in [-0.25, -0.2) is 0 Å². The number of rotatable bonds is 1. The molecule has 3 rings (SSSR count). The van der Waals surface area contributed by atoms with Crippen molar-refractivity contribution in [3.05, 3.63) is 29.8 Å². The van der Waals surface area contributed by atoms with Gasteiger partial charge in [-0.15, -0.1) is 0 Å². The zero-order valence-corrected chi connectivity index (χ0v) is 11.9. The summed E-state index contributed by atoms with van der Waals surface area (Å²) in [6.07, 6.45) is 2.54. The number of nitrogens with zero attached hydrogens (tertiary/aromatic N) is 1. The van der Waals surface area contributed by atoms with Gasteiger partial charge < -0.3 is 10.5 Å². The molecule has 4 atom stereocenters. The molecule has 19 heavy (non-hydrogen) atoms. The van der Waals surface area contributed by atoms with E-state index in [1.54, 1.807) is 0 Å². The van der Waals surface area contributed by atoms with E-state index >= 15 is 0 Å². The Bertz CT molecular complexity index is 448. The van der Waals surface area contributed by atoms with Crippen LogP contribution in [0, 0.1) is 5.92 Å². The van der Waals surface area contributed by atoms with E-state index in [-0.39, 0.29) is 6.04 Å². The highest BCUT2D eigenvalue weighted by Crippen LogP contribution is 2.35. The van der Waals surface area contributed by atoms with Crippen molar-refractivity contribution < 1.29 is 4.74 Å². The lowest BCUT2D eigenvalue weighted by atomic mass is 9.88. The molecule has 4 unspecified atom stereocenters. The van der Waals surface area contributed by atoms with E-state index in [4.69, 9.17) is 10.5 Å². The number of nitrogens with two attached hydrogens (primary N) is 1. The Morgan fingerprint density at radius 1 is 1.26 bits per heavy atom. The third-order valence-electron chi connectivity index (χ3n) is 4.72. The molecule has 104 valence electrons. The maximum atomic E-state index is 6.50. The van der Waals surface area contributed by atoms with Gasteiger partial charge in [-0.2, -0.15) is 0 Å². The Morgan fingerprint density at radius 2 is 2.05 bits per heavy atom. The average Bonchev–Trinajstić information content (AvgIpc) is 2.41. The third-order valence-corrected chi connectivity index (χ3v) is 4.72. The molecule has 1 aromatic rings. The third kappa shape index (κ3) is 2.37. The number of benzene rings is 1. The molecule has 3 heteroatoms. The number of likely N-dealkylation sites (tertiary alicyclic amines) is 1. The normalized spacial score (nSPS) is 35.5. The Labute approximate surface area is 115 Å². The summed E-state index contributed by atoms with van der Waals surface area (Å²) in [4.78, 5) is 2.56. The smallest absolute Gasteiger partial charge is 0.124 e. The summed E-state index contributed by atoms with van der Waals surface area (Å²) in [5.41, 5.74) is 7.65. The highest BCUT2D eigenvalue weighted by molar-refractivity contribution is 5.38. The van der Waals surface area contributed by atoms with Crippen LogP contribution in [0.3, 0.4) is 0 Å². The van der Waals surface area contributed by atoms with Crippen molar-refractivity contribution in [3.8, 4) is 5.75 Å². The lowest BCUT2D eigenvalue weighted by Gasteiger charge is -2.45. The minimum absolute atomic E-state index is 0.0702. The van der Waals surface area contributed by atoms with Crippen molar-refractivity contribution in [3.63, 3.8) is 0 Å². The highest BCUT2D eigenvalue weighted by Gasteiger charge is 2.36. The Kier molecular flexibility index (Phi) is 3.50. The summed E-state index contributed by atoms with van der Waals surface area (Å²) in [6.45, 7) is 6.53. The van der Waals surface area contributed by atoms with Crippen LogP contribution in [0.15, 0.2) is 24.3 Å². The zero-order valence-electron chi connectivity index (χ0n) is 11.9. The summed E-state index contributed by atoms with van der Waals surface area (Å²) in [7, 11) is 0. The van der Waals surface area contributed by atoms with Crippen molar-refractivity contribution in [2.24, 2.45) is 11.7 Å². The van der Waals surface area contributed by atoms with E-state index in [1.807, 2.05) is 18.2 Å². The molecule has 2 aliphatic rings. The Hall–Kier alpha value is -1.06. The molecule has 2 heterocycles. The highest BCUT2D eigenvalue weighted by atomic mass is 16.5. The molecule has 1 saturated heterocycles. The number of hydrogen-bond donors (Lipinski definition) is 1. The summed E-state index contributed by atoms with van der Waals surface area (Å²) in [6, 6.07) is 9.17. The molecule has 0 amide bonds. The molecular formula is C16H24N2O. The molecular weight excluding hydrogens is 236 g/mol. The predicted octanol–water partition coefficient (Wildman–Crippen LogP) is 2.57. The van der Waals surface area contributed by atoms with Crippen LogP contribution in [-0.4, -0.2) is 30.1 Å². The van der Waals surface area contributed by atoms with Gasteiger partial charge in [-0.1, -0.05) is 25.1 Å². The summed E-state index contributed by atoms with van der Waals surface area (Å²) < 4.78 is 5.91. The second kappa shape index (κ2) is 5.14. The van der Waals surface area contributed by atoms with Crippen molar-refractivity contribution in [2.45, 2.75) is 44.8 Å². The van der Waals surface area contributed by atoms with Crippen molar-refractivity contribution in [1.82, 2.24) is 4.90 Å². The maximum Gasteiger partial charge on any atom is 0.124 e. The fourth-order valence-electron chi connectivity index (χ4n) is 3.59. The lowest BCUT2D eigenvalue weighted by molar-refractivity contribution is 0.0323. The van der Waals surface area contributed by atoms with E-state index in [2.05, 4.69) is 24.8 Å². The first-order valence-corrected chi connectivity index (χ1v) is 7.40. The van der Waals surface area contributed by atoms with E-state index in [0.717, 1.165) is 30.4 Å². The van der Waals surface area contributed by atoms with E-state index < -0.39 is 0 Å². The molecule has 0 saturated carbocycles. The van der Waals surface area contributed by atoms with E-state index in [9.17, 15) is 0 Å². The van der Waals surface area contributed by atoms with Gasteiger partial charge in [0.2, 0.25) is 0 Å². The van der Waals surface area contributed by atoms with Gasteiger partial charge in [-0.3, -0.25) is 4.90 Å². The number of hydrogen-bond acceptors (Lipinski definition) is 3. The van der Waals surface area contributed by atoms with Crippen LogP contribution in [0.2, 0.25) is 0 Å². The van der Waals surface area contributed by atoms with Gasteiger partial charge in [0.05, 0.1) is 12.1 Å². The van der Waals surface area contributed by atoms with Crippen molar-refractivity contribution in [2.75, 3.05) is 13.2 Å². The lowest BCUT2D eigenvalue weighted by Crippen LogP contribution is -2.54. The van der Waals surface area contributed by atoms with Gasteiger partial charge in [0, 0.05) is 11.6 Å². The number of fused-ring (bicyclic) bond motifs is 1. The van der Waals surface area contributed by atoms with E-state index in [1.165, 1.54) is 12.8 Å². The maximum absolute atomic E-state index is 6.50. The zero-order chi connectivity index (χ0) is 13.4. The van der Waals surface area contributed by atoms with Gasteiger partial charge in [0.25, 0.3) is 0 Å². The monoisotopic (exact) mass is 260 g/mol. The predicted molar refractivity (Wildman–Crippen MR) is 77.2 cm³/mol. The topological polar surface area (TPSA) is 38.5 Å². The van der Waals surface area contributed by atoms with Crippen molar-refractivity contribution in [1.29, 1.82) is 0 Å². The molecule has 2 N–H and O–H groups in total. The summed E-state index contributed by atoms with van der Waals surface area (Å²) in [5.74, 6) is 1.79. The fourth-order valence-corrected chi connectivity index (χ4v) is 3.59. The number of para-hydroxylation sites is 1. The quantitative estimate of drug-likeness (QED) is 0.843. The molecule has 0 spiro atoms. The number of piperidine rings is 1. The Balaban J connectivity index is 1.80. The van der Waals surface area contributed by atoms with Crippen LogP contribution in [0.5, 0.6) is 5.75 Å². The summed E-state index contributed by atoms with van der Waals surface area (Å²) in [5, 5.41) is 0. The second-order valence-electron chi connectivity index (χ2n) is 6.16. The molecule has 0 aliphatic carbocycles. The largest absolute Gasteiger partial charge is 0.492 e. The van der Waals surface area contributed by atoms with E-state index in [0.29, 0.717) is 12.1 Å². The molecule has 2 aliphatic heterocycles. The van der Waals surface area contributed by atoms with Crippen molar-refractivity contribution >= 4 is 0 Å².